The normalized spacial score (nSPS) is 12.8. The van der Waals surface area contributed by atoms with E-state index in [0.717, 1.165) is 18.7 Å². The van der Waals surface area contributed by atoms with Crippen LogP contribution in [0.2, 0.25) is 0 Å². The van der Waals surface area contributed by atoms with Crippen LogP contribution in [0.25, 0.3) is 0 Å². The summed E-state index contributed by atoms with van der Waals surface area (Å²) < 4.78 is 28.2. The molecule has 4 nitrogen and oxygen atoms in total. The van der Waals surface area contributed by atoms with Crippen LogP contribution < -0.4 is 4.72 Å². The first-order chi connectivity index (χ1) is 13.6. The van der Waals surface area contributed by atoms with Crippen LogP contribution in [0.3, 0.4) is 0 Å². The molecule has 0 bridgehead atoms. The Morgan fingerprint density at radius 2 is 1.36 bits per heavy atom. The molecule has 0 aliphatic heterocycles. The molecule has 0 saturated carbocycles. The minimum atomic E-state index is -3.55. The maximum Gasteiger partial charge on any atom is 0.240 e. The van der Waals surface area contributed by atoms with Crippen LogP contribution in [-0.4, -0.2) is 26.4 Å². The van der Waals surface area contributed by atoms with E-state index in [1.165, 1.54) is 5.56 Å². The number of likely N-dealkylation sites (N-methyl/N-ethyl adjacent to an activating group) is 1. The highest BCUT2D eigenvalue weighted by Gasteiger charge is 2.22. The molecule has 1 unspecified atom stereocenters. The first-order valence-electron chi connectivity index (χ1n) is 9.48. The van der Waals surface area contributed by atoms with Crippen molar-refractivity contribution in [3.63, 3.8) is 0 Å². The highest BCUT2D eigenvalue weighted by Crippen LogP contribution is 2.23. The van der Waals surface area contributed by atoms with Gasteiger partial charge in [-0.1, -0.05) is 85.8 Å². The summed E-state index contributed by atoms with van der Waals surface area (Å²) in [6, 6.07) is 28.7. The van der Waals surface area contributed by atoms with Gasteiger partial charge in [0.25, 0.3) is 0 Å². The van der Waals surface area contributed by atoms with Crippen LogP contribution in [0.1, 0.15) is 24.1 Å². The Bertz CT molecular complexity index is 946. The molecule has 0 amide bonds. The maximum absolute atomic E-state index is 12.7. The Kier molecular flexibility index (Phi) is 6.98. The summed E-state index contributed by atoms with van der Waals surface area (Å²) in [5.74, 6) is 0. The average Bonchev–Trinajstić information content (AvgIpc) is 2.75. The van der Waals surface area contributed by atoms with Gasteiger partial charge in [0, 0.05) is 19.1 Å². The van der Waals surface area contributed by atoms with Crippen molar-refractivity contribution < 1.29 is 8.42 Å². The van der Waals surface area contributed by atoms with Crippen LogP contribution >= 0.6 is 0 Å². The summed E-state index contributed by atoms with van der Waals surface area (Å²) in [6.45, 7) is 3.97. The Morgan fingerprint density at radius 1 is 0.821 bits per heavy atom. The highest BCUT2D eigenvalue weighted by atomic mass is 32.2. The van der Waals surface area contributed by atoms with E-state index in [9.17, 15) is 8.42 Å². The Labute approximate surface area is 167 Å². The lowest BCUT2D eigenvalue weighted by atomic mass is 10.0. The van der Waals surface area contributed by atoms with Crippen LogP contribution in [0.4, 0.5) is 0 Å². The summed E-state index contributed by atoms with van der Waals surface area (Å²) in [7, 11) is -3.55. The Balaban J connectivity index is 1.83. The predicted octanol–water partition coefficient (Wildman–Crippen LogP) is 4.23. The Hall–Kier alpha value is -2.47. The zero-order chi connectivity index (χ0) is 19.8. The molecule has 0 aromatic heterocycles. The molecular weight excluding hydrogens is 368 g/mol. The third-order valence-electron chi connectivity index (χ3n) is 4.78. The molecule has 28 heavy (non-hydrogen) atoms. The molecular formula is C23H26N2O2S. The largest absolute Gasteiger partial charge is 0.291 e. The molecule has 0 saturated heterocycles. The molecule has 3 aromatic rings. The molecule has 5 heteroatoms. The van der Waals surface area contributed by atoms with Crippen molar-refractivity contribution in [3.8, 4) is 0 Å². The zero-order valence-electron chi connectivity index (χ0n) is 16.0. The zero-order valence-corrected chi connectivity index (χ0v) is 16.8. The van der Waals surface area contributed by atoms with E-state index in [4.69, 9.17) is 0 Å². The first-order valence-corrected chi connectivity index (χ1v) is 11.0. The van der Waals surface area contributed by atoms with Crippen molar-refractivity contribution in [1.82, 2.24) is 9.62 Å². The van der Waals surface area contributed by atoms with Gasteiger partial charge in [0.1, 0.15) is 0 Å². The third-order valence-corrected chi connectivity index (χ3v) is 6.22. The number of sulfonamides is 1. The topological polar surface area (TPSA) is 49.4 Å². The second-order valence-corrected chi connectivity index (χ2v) is 8.41. The van der Waals surface area contributed by atoms with Crippen molar-refractivity contribution in [2.24, 2.45) is 0 Å². The monoisotopic (exact) mass is 394 g/mol. The number of rotatable bonds is 9. The van der Waals surface area contributed by atoms with E-state index < -0.39 is 10.0 Å². The number of hydrogen-bond acceptors (Lipinski definition) is 3. The molecule has 0 fully saturated rings. The molecule has 146 valence electrons. The van der Waals surface area contributed by atoms with Gasteiger partial charge < -0.3 is 0 Å². The molecule has 0 aliphatic carbocycles. The van der Waals surface area contributed by atoms with Crippen molar-refractivity contribution >= 4 is 10.0 Å². The van der Waals surface area contributed by atoms with Crippen molar-refractivity contribution in [2.45, 2.75) is 24.4 Å². The maximum atomic E-state index is 12.7. The number of hydrogen-bond donors (Lipinski definition) is 1. The van der Waals surface area contributed by atoms with Gasteiger partial charge in [0.2, 0.25) is 10.0 Å². The third kappa shape index (κ3) is 5.29. The molecule has 3 aromatic carbocycles. The molecule has 1 atom stereocenters. The quantitative estimate of drug-likeness (QED) is 0.591. The van der Waals surface area contributed by atoms with Gasteiger partial charge in [-0.15, -0.1) is 0 Å². The van der Waals surface area contributed by atoms with Gasteiger partial charge in [-0.2, -0.15) is 0 Å². The van der Waals surface area contributed by atoms with E-state index in [1.54, 1.807) is 24.3 Å². The van der Waals surface area contributed by atoms with Crippen LogP contribution in [0.15, 0.2) is 95.9 Å². The van der Waals surface area contributed by atoms with Gasteiger partial charge in [0.05, 0.1) is 4.90 Å². The molecule has 0 spiro atoms. The minimum Gasteiger partial charge on any atom is -0.291 e. The summed E-state index contributed by atoms with van der Waals surface area (Å²) >= 11 is 0. The minimum absolute atomic E-state index is 0.0649. The van der Waals surface area contributed by atoms with E-state index in [-0.39, 0.29) is 10.9 Å². The number of nitrogens with zero attached hydrogens (tertiary/aromatic N) is 1. The summed E-state index contributed by atoms with van der Waals surface area (Å²) in [4.78, 5) is 2.57. The van der Waals surface area contributed by atoms with Crippen molar-refractivity contribution in [2.75, 3.05) is 13.1 Å². The lowest BCUT2D eigenvalue weighted by Crippen LogP contribution is -2.37. The smallest absolute Gasteiger partial charge is 0.240 e. The molecule has 0 radical (unpaired) electrons. The van der Waals surface area contributed by atoms with Gasteiger partial charge >= 0.3 is 0 Å². The fourth-order valence-corrected chi connectivity index (χ4v) is 4.32. The van der Waals surface area contributed by atoms with Crippen molar-refractivity contribution in [1.29, 1.82) is 0 Å². The summed E-state index contributed by atoms with van der Waals surface area (Å²) in [5, 5.41) is 0. The van der Waals surface area contributed by atoms with Gasteiger partial charge in [-0.3, -0.25) is 4.90 Å². The van der Waals surface area contributed by atoms with Crippen LogP contribution in [-0.2, 0) is 16.6 Å². The lowest BCUT2D eigenvalue weighted by Gasteiger charge is -2.31. The van der Waals surface area contributed by atoms with E-state index in [1.807, 2.05) is 42.5 Å². The SMILES string of the molecule is CCN(Cc1ccccc1)C(CNS(=O)(=O)c1ccccc1)c1ccccc1. The molecule has 0 aliphatic rings. The van der Waals surface area contributed by atoms with E-state index in [2.05, 4.69) is 40.8 Å². The van der Waals surface area contributed by atoms with Gasteiger partial charge in [-0.05, 0) is 29.8 Å². The van der Waals surface area contributed by atoms with Crippen LogP contribution in [0, 0.1) is 0 Å². The standard InChI is InChI=1S/C23H26N2O2S/c1-2-25(19-20-12-6-3-7-13-20)23(21-14-8-4-9-15-21)18-24-28(26,27)22-16-10-5-11-17-22/h3-17,23-24H,2,18-19H2,1H3. The summed E-state index contributed by atoms with van der Waals surface area (Å²) in [6.07, 6.45) is 0. The Morgan fingerprint density at radius 3 is 1.93 bits per heavy atom. The van der Waals surface area contributed by atoms with Crippen molar-refractivity contribution in [3.05, 3.63) is 102 Å². The predicted molar refractivity (Wildman–Crippen MR) is 113 cm³/mol. The van der Waals surface area contributed by atoms with E-state index >= 15 is 0 Å². The van der Waals surface area contributed by atoms with Gasteiger partial charge in [0.15, 0.2) is 0 Å². The molecule has 1 N–H and O–H groups in total. The second-order valence-electron chi connectivity index (χ2n) is 6.64. The summed E-state index contributed by atoms with van der Waals surface area (Å²) in [5.41, 5.74) is 2.30. The molecule has 0 heterocycles. The average molecular weight is 395 g/mol. The van der Waals surface area contributed by atoms with Crippen LogP contribution in [0.5, 0.6) is 0 Å². The second kappa shape index (κ2) is 9.64. The first kappa shape index (κ1) is 20.3. The number of benzene rings is 3. The highest BCUT2D eigenvalue weighted by molar-refractivity contribution is 7.89. The van der Waals surface area contributed by atoms with E-state index in [0.29, 0.717) is 6.54 Å². The number of nitrogens with one attached hydrogen (secondary N) is 1. The fourth-order valence-electron chi connectivity index (χ4n) is 3.26. The van der Waals surface area contributed by atoms with Gasteiger partial charge in [-0.25, -0.2) is 13.1 Å². The lowest BCUT2D eigenvalue weighted by molar-refractivity contribution is 0.199. The fraction of sp³-hybridized carbons (Fsp3) is 0.217. The molecule has 3 rings (SSSR count).